The van der Waals surface area contributed by atoms with Gasteiger partial charge in [-0.15, -0.1) is 0 Å². The molecule has 1 amide bonds. The summed E-state index contributed by atoms with van der Waals surface area (Å²) < 4.78 is 0. The SMILES string of the molecule is CN(CCc1ccccc1)C1CCN(c2ccccc2)C1=O. The van der Waals surface area contributed by atoms with E-state index in [4.69, 9.17) is 0 Å². The van der Waals surface area contributed by atoms with Gasteiger partial charge in [-0.2, -0.15) is 0 Å². The molecule has 2 aromatic carbocycles. The highest BCUT2D eigenvalue weighted by Crippen LogP contribution is 2.23. The monoisotopic (exact) mass is 294 g/mol. The molecule has 1 aliphatic heterocycles. The van der Waals surface area contributed by atoms with Gasteiger partial charge in [0.25, 0.3) is 0 Å². The van der Waals surface area contributed by atoms with Crippen molar-refractivity contribution in [3.63, 3.8) is 0 Å². The van der Waals surface area contributed by atoms with Crippen LogP contribution in [0.1, 0.15) is 12.0 Å². The second kappa shape index (κ2) is 6.75. The van der Waals surface area contributed by atoms with E-state index in [0.29, 0.717) is 0 Å². The average Bonchev–Trinajstić information content (AvgIpc) is 2.96. The van der Waals surface area contributed by atoms with Gasteiger partial charge in [0.1, 0.15) is 0 Å². The molecule has 0 aromatic heterocycles. The molecule has 0 aliphatic carbocycles. The van der Waals surface area contributed by atoms with E-state index in [1.54, 1.807) is 0 Å². The van der Waals surface area contributed by atoms with E-state index >= 15 is 0 Å². The number of benzene rings is 2. The number of nitrogens with zero attached hydrogens (tertiary/aromatic N) is 2. The van der Waals surface area contributed by atoms with Crippen molar-refractivity contribution in [2.75, 3.05) is 25.0 Å². The Kier molecular flexibility index (Phi) is 4.54. The van der Waals surface area contributed by atoms with Gasteiger partial charge in [-0.25, -0.2) is 0 Å². The number of anilines is 1. The lowest BCUT2D eigenvalue weighted by Crippen LogP contribution is -2.40. The number of hydrogen-bond acceptors (Lipinski definition) is 2. The standard InChI is InChI=1S/C19H22N2O/c1-20(14-12-16-8-4-2-5-9-16)18-13-15-21(19(18)22)17-10-6-3-7-11-17/h2-11,18H,12-15H2,1H3. The van der Waals surface area contributed by atoms with Crippen LogP contribution in [-0.2, 0) is 11.2 Å². The third kappa shape index (κ3) is 3.20. The fourth-order valence-electron chi connectivity index (χ4n) is 3.04. The van der Waals surface area contributed by atoms with Crippen molar-refractivity contribution in [3.05, 3.63) is 66.2 Å². The quantitative estimate of drug-likeness (QED) is 0.846. The maximum atomic E-state index is 12.6. The first-order chi connectivity index (χ1) is 10.8. The van der Waals surface area contributed by atoms with E-state index < -0.39 is 0 Å². The van der Waals surface area contributed by atoms with Gasteiger partial charge in [-0.05, 0) is 37.6 Å². The number of carbonyl (C=O) groups excluding carboxylic acids is 1. The second-order valence-corrected chi connectivity index (χ2v) is 5.85. The predicted molar refractivity (Wildman–Crippen MR) is 90.0 cm³/mol. The van der Waals surface area contributed by atoms with Crippen LogP contribution >= 0.6 is 0 Å². The molecule has 3 heteroatoms. The van der Waals surface area contributed by atoms with Crippen LogP contribution in [0.3, 0.4) is 0 Å². The molecule has 114 valence electrons. The van der Waals surface area contributed by atoms with Crippen molar-refractivity contribution >= 4 is 11.6 Å². The molecule has 2 aromatic rings. The summed E-state index contributed by atoms with van der Waals surface area (Å²) in [4.78, 5) is 16.7. The number of likely N-dealkylation sites (N-methyl/N-ethyl adjacent to an activating group) is 1. The predicted octanol–water partition coefficient (Wildman–Crippen LogP) is 2.97. The lowest BCUT2D eigenvalue weighted by molar-refractivity contribution is -0.121. The molecule has 1 heterocycles. The van der Waals surface area contributed by atoms with Gasteiger partial charge < -0.3 is 4.90 Å². The van der Waals surface area contributed by atoms with Crippen LogP contribution in [-0.4, -0.2) is 37.0 Å². The Labute approximate surface area is 132 Å². The first kappa shape index (κ1) is 14.8. The van der Waals surface area contributed by atoms with Gasteiger partial charge in [0.15, 0.2) is 0 Å². The summed E-state index contributed by atoms with van der Waals surface area (Å²) in [6, 6.07) is 20.4. The summed E-state index contributed by atoms with van der Waals surface area (Å²) in [7, 11) is 2.06. The molecule has 0 spiro atoms. The number of para-hydroxylation sites is 1. The number of hydrogen-bond donors (Lipinski definition) is 0. The van der Waals surface area contributed by atoms with Crippen molar-refractivity contribution in [1.29, 1.82) is 0 Å². The molecule has 1 unspecified atom stereocenters. The highest BCUT2D eigenvalue weighted by atomic mass is 16.2. The Balaban J connectivity index is 1.60. The second-order valence-electron chi connectivity index (χ2n) is 5.85. The summed E-state index contributed by atoms with van der Waals surface area (Å²) in [6.45, 7) is 1.71. The molecule has 1 atom stereocenters. The van der Waals surface area contributed by atoms with E-state index in [-0.39, 0.29) is 11.9 Å². The first-order valence-corrected chi connectivity index (χ1v) is 7.86. The lowest BCUT2D eigenvalue weighted by atomic mass is 10.1. The minimum atomic E-state index is 0.00363. The molecule has 1 saturated heterocycles. The molecule has 3 nitrogen and oxygen atoms in total. The smallest absolute Gasteiger partial charge is 0.244 e. The summed E-state index contributed by atoms with van der Waals surface area (Å²) in [5.41, 5.74) is 2.33. The highest BCUT2D eigenvalue weighted by Gasteiger charge is 2.34. The van der Waals surface area contributed by atoms with Crippen LogP contribution in [0.15, 0.2) is 60.7 Å². The summed E-state index contributed by atoms with van der Waals surface area (Å²) in [5.74, 6) is 0.224. The van der Waals surface area contributed by atoms with Crippen molar-refractivity contribution in [2.24, 2.45) is 0 Å². The van der Waals surface area contributed by atoms with E-state index in [2.05, 4.69) is 36.2 Å². The van der Waals surface area contributed by atoms with Crippen LogP contribution in [0.5, 0.6) is 0 Å². The normalized spacial score (nSPS) is 18.2. The minimum absolute atomic E-state index is 0.00363. The largest absolute Gasteiger partial charge is 0.311 e. The molecule has 3 rings (SSSR count). The fourth-order valence-corrected chi connectivity index (χ4v) is 3.04. The first-order valence-electron chi connectivity index (χ1n) is 7.86. The molecule has 1 aliphatic rings. The zero-order valence-electron chi connectivity index (χ0n) is 13.0. The highest BCUT2D eigenvalue weighted by molar-refractivity contribution is 5.99. The fraction of sp³-hybridized carbons (Fsp3) is 0.316. The van der Waals surface area contributed by atoms with Gasteiger partial charge in [-0.3, -0.25) is 9.69 Å². The topological polar surface area (TPSA) is 23.6 Å². The molecule has 0 saturated carbocycles. The molecular formula is C19H22N2O. The van der Waals surface area contributed by atoms with Crippen molar-refractivity contribution < 1.29 is 4.79 Å². The number of rotatable bonds is 5. The molecular weight excluding hydrogens is 272 g/mol. The molecule has 0 bridgehead atoms. The van der Waals surface area contributed by atoms with Gasteiger partial charge >= 0.3 is 0 Å². The van der Waals surface area contributed by atoms with Crippen LogP contribution in [0.4, 0.5) is 5.69 Å². The molecule has 22 heavy (non-hydrogen) atoms. The Hall–Kier alpha value is -2.13. The zero-order chi connectivity index (χ0) is 15.4. The molecule has 1 fully saturated rings. The number of amides is 1. The van der Waals surface area contributed by atoms with E-state index in [1.165, 1.54) is 5.56 Å². The van der Waals surface area contributed by atoms with E-state index in [9.17, 15) is 4.79 Å². The Bertz CT molecular complexity index is 612. The van der Waals surface area contributed by atoms with Crippen molar-refractivity contribution in [3.8, 4) is 0 Å². The average molecular weight is 294 g/mol. The van der Waals surface area contributed by atoms with Crippen molar-refractivity contribution in [1.82, 2.24) is 4.90 Å². The zero-order valence-corrected chi connectivity index (χ0v) is 13.0. The van der Waals surface area contributed by atoms with E-state index in [1.807, 2.05) is 41.3 Å². The van der Waals surface area contributed by atoms with Crippen LogP contribution in [0.2, 0.25) is 0 Å². The minimum Gasteiger partial charge on any atom is -0.311 e. The van der Waals surface area contributed by atoms with E-state index in [0.717, 1.165) is 31.6 Å². The van der Waals surface area contributed by atoms with Gasteiger partial charge in [-0.1, -0.05) is 48.5 Å². The van der Waals surface area contributed by atoms with Crippen molar-refractivity contribution in [2.45, 2.75) is 18.9 Å². The Morgan fingerprint density at radius 3 is 2.36 bits per heavy atom. The maximum absolute atomic E-state index is 12.6. The maximum Gasteiger partial charge on any atom is 0.244 e. The third-order valence-corrected chi connectivity index (χ3v) is 4.37. The molecule has 0 N–H and O–H groups in total. The summed E-state index contributed by atoms with van der Waals surface area (Å²) in [6.07, 6.45) is 1.88. The van der Waals surface area contributed by atoms with Crippen LogP contribution < -0.4 is 4.90 Å². The molecule has 0 radical (unpaired) electrons. The van der Waals surface area contributed by atoms with Crippen LogP contribution in [0, 0.1) is 0 Å². The van der Waals surface area contributed by atoms with Crippen LogP contribution in [0.25, 0.3) is 0 Å². The summed E-state index contributed by atoms with van der Waals surface area (Å²) >= 11 is 0. The summed E-state index contributed by atoms with van der Waals surface area (Å²) in [5, 5.41) is 0. The van der Waals surface area contributed by atoms with Gasteiger partial charge in [0, 0.05) is 18.8 Å². The number of carbonyl (C=O) groups is 1. The lowest BCUT2D eigenvalue weighted by Gasteiger charge is -2.23. The Morgan fingerprint density at radius 1 is 1.05 bits per heavy atom. The third-order valence-electron chi connectivity index (χ3n) is 4.37. The van der Waals surface area contributed by atoms with Gasteiger partial charge in [0.05, 0.1) is 6.04 Å². The van der Waals surface area contributed by atoms with Gasteiger partial charge in [0.2, 0.25) is 5.91 Å². The Morgan fingerprint density at radius 2 is 1.68 bits per heavy atom.